The lowest BCUT2D eigenvalue weighted by Crippen LogP contribution is -2.26. The summed E-state index contributed by atoms with van der Waals surface area (Å²) in [5, 5.41) is 7.95. The summed E-state index contributed by atoms with van der Waals surface area (Å²) in [5.74, 6) is 0.122. The summed E-state index contributed by atoms with van der Waals surface area (Å²) in [6.07, 6.45) is 2.79. The summed E-state index contributed by atoms with van der Waals surface area (Å²) < 4.78 is 1.81. The molecule has 2 rings (SSSR count). The number of amides is 1. The van der Waals surface area contributed by atoms with Crippen LogP contribution in [-0.2, 0) is 11.3 Å². The van der Waals surface area contributed by atoms with Gasteiger partial charge in [-0.3, -0.25) is 4.79 Å². The fourth-order valence-electron chi connectivity index (χ4n) is 1.83. The molecule has 1 atom stereocenters. The van der Waals surface area contributed by atoms with Crippen LogP contribution in [0.15, 0.2) is 6.20 Å². The summed E-state index contributed by atoms with van der Waals surface area (Å²) in [6, 6.07) is 0.252. The van der Waals surface area contributed by atoms with Crippen molar-refractivity contribution in [1.29, 1.82) is 0 Å². The number of aromatic nitrogens is 3. The molecule has 6 nitrogen and oxygen atoms in total. The second-order valence-electron chi connectivity index (χ2n) is 3.80. The van der Waals surface area contributed by atoms with Gasteiger partial charge in [-0.15, -0.1) is 5.10 Å². The van der Waals surface area contributed by atoms with Gasteiger partial charge in [-0.25, -0.2) is 4.68 Å². The van der Waals surface area contributed by atoms with Crippen LogP contribution in [0.4, 0.5) is 0 Å². The van der Waals surface area contributed by atoms with Crippen LogP contribution in [0.2, 0.25) is 0 Å². The molecule has 1 aromatic heterocycles. The largest absolute Gasteiger partial charge is 0.341 e. The second kappa shape index (κ2) is 3.98. The number of nitrogens with zero attached hydrogens (tertiary/aromatic N) is 4. The molecular weight excluding hydrogens is 194 g/mol. The molecule has 0 saturated carbocycles. The van der Waals surface area contributed by atoms with Gasteiger partial charge in [-0.1, -0.05) is 5.21 Å². The molecule has 1 aliphatic rings. The van der Waals surface area contributed by atoms with E-state index in [1.807, 2.05) is 15.8 Å². The fraction of sp³-hybridized carbons (Fsp3) is 0.667. The Morgan fingerprint density at radius 2 is 2.53 bits per heavy atom. The van der Waals surface area contributed by atoms with Crippen molar-refractivity contribution >= 4 is 5.91 Å². The molecule has 1 amide bonds. The van der Waals surface area contributed by atoms with Crippen LogP contribution in [0.3, 0.4) is 0 Å². The third-order valence-electron chi connectivity index (χ3n) is 2.75. The highest BCUT2D eigenvalue weighted by Gasteiger charge is 2.26. The first-order chi connectivity index (χ1) is 7.20. The van der Waals surface area contributed by atoms with E-state index in [0.717, 1.165) is 25.2 Å². The minimum atomic E-state index is 0.122. The maximum atomic E-state index is 11.1. The highest BCUT2D eigenvalue weighted by molar-refractivity contribution is 5.73. The number of carbonyl (C=O) groups excluding carboxylic acids is 1. The van der Waals surface area contributed by atoms with E-state index in [-0.39, 0.29) is 11.9 Å². The van der Waals surface area contributed by atoms with Crippen molar-refractivity contribution in [3.05, 3.63) is 11.9 Å². The predicted octanol–water partition coefficient (Wildman–Crippen LogP) is -0.470. The minimum Gasteiger partial charge on any atom is -0.341 e. The van der Waals surface area contributed by atoms with Gasteiger partial charge in [0, 0.05) is 26.6 Å². The zero-order chi connectivity index (χ0) is 10.8. The van der Waals surface area contributed by atoms with Crippen molar-refractivity contribution in [2.75, 3.05) is 13.1 Å². The molecule has 0 bridgehead atoms. The quantitative estimate of drug-likeness (QED) is 0.714. The standard InChI is InChI=1S/C9H15N5O/c1-7(15)13-3-2-9(6-13)14-5-8(4-10)11-12-14/h5,9H,2-4,6,10H2,1H3/t9-/m1/s1. The third-order valence-corrected chi connectivity index (χ3v) is 2.75. The highest BCUT2D eigenvalue weighted by Crippen LogP contribution is 2.20. The van der Waals surface area contributed by atoms with Crippen molar-refractivity contribution in [3.8, 4) is 0 Å². The van der Waals surface area contributed by atoms with Gasteiger partial charge in [0.2, 0.25) is 5.91 Å². The molecule has 2 N–H and O–H groups in total. The molecule has 0 aromatic carbocycles. The summed E-state index contributed by atoms with van der Waals surface area (Å²) in [5.41, 5.74) is 6.25. The maximum absolute atomic E-state index is 11.1. The van der Waals surface area contributed by atoms with E-state index in [1.165, 1.54) is 0 Å². The Hall–Kier alpha value is -1.43. The maximum Gasteiger partial charge on any atom is 0.219 e. The second-order valence-corrected chi connectivity index (χ2v) is 3.80. The van der Waals surface area contributed by atoms with Crippen LogP contribution >= 0.6 is 0 Å². The van der Waals surface area contributed by atoms with Crippen molar-refractivity contribution in [2.24, 2.45) is 5.73 Å². The lowest BCUT2D eigenvalue weighted by Gasteiger charge is -2.13. The zero-order valence-corrected chi connectivity index (χ0v) is 8.76. The van der Waals surface area contributed by atoms with Gasteiger partial charge in [0.05, 0.1) is 17.9 Å². The number of rotatable bonds is 2. The van der Waals surface area contributed by atoms with E-state index >= 15 is 0 Å². The van der Waals surface area contributed by atoms with Crippen LogP contribution in [0.1, 0.15) is 25.1 Å². The lowest BCUT2D eigenvalue weighted by molar-refractivity contribution is -0.127. The molecule has 15 heavy (non-hydrogen) atoms. The number of hydrogen-bond donors (Lipinski definition) is 1. The van der Waals surface area contributed by atoms with Crippen LogP contribution < -0.4 is 5.73 Å². The Bertz CT molecular complexity index is 361. The highest BCUT2D eigenvalue weighted by atomic mass is 16.2. The van der Waals surface area contributed by atoms with Crippen LogP contribution in [0.5, 0.6) is 0 Å². The van der Waals surface area contributed by atoms with Crippen molar-refractivity contribution in [1.82, 2.24) is 19.9 Å². The normalized spacial score (nSPS) is 20.9. The molecule has 1 fully saturated rings. The summed E-state index contributed by atoms with van der Waals surface area (Å²) >= 11 is 0. The monoisotopic (exact) mass is 209 g/mol. The summed E-state index contributed by atoms with van der Waals surface area (Å²) in [7, 11) is 0. The average Bonchev–Trinajstić information content (AvgIpc) is 2.86. The number of hydrogen-bond acceptors (Lipinski definition) is 4. The van der Waals surface area contributed by atoms with Crippen molar-refractivity contribution in [2.45, 2.75) is 25.9 Å². The van der Waals surface area contributed by atoms with Crippen molar-refractivity contribution < 1.29 is 4.79 Å². The van der Waals surface area contributed by atoms with Crippen LogP contribution in [-0.4, -0.2) is 38.9 Å². The van der Waals surface area contributed by atoms with E-state index in [0.29, 0.717) is 6.54 Å². The first kappa shape index (κ1) is 10.1. The third kappa shape index (κ3) is 1.99. The molecule has 6 heteroatoms. The van der Waals surface area contributed by atoms with Gasteiger partial charge >= 0.3 is 0 Å². The molecule has 1 aliphatic heterocycles. The van der Waals surface area contributed by atoms with E-state index in [1.54, 1.807) is 6.92 Å². The molecule has 1 aromatic rings. The zero-order valence-electron chi connectivity index (χ0n) is 8.76. The van der Waals surface area contributed by atoms with Gasteiger partial charge in [0.1, 0.15) is 0 Å². The van der Waals surface area contributed by atoms with Gasteiger partial charge in [-0.05, 0) is 6.42 Å². The Morgan fingerprint density at radius 3 is 3.07 bits per heavy atom. The van der Waals surface area contributed by atoms with Crippen LogP contribution in [0, 0.1) is 0 Å². The number of carbonyl (C=O) groups is 1. The van der Waals surface area contributed by atoms with E-state index in [4.69, 9.17) is 5.73 Å². The molecule has 0 aliphatic carbocycles. The van der Waals surface area contributed by atoms with Gasteiger partial charge in [-0.2, -0.15) is 0 Å². The fourth-order valence-corrected chi connectivity index (χ4v) is 1.83. The summed E-state index contributed by atoms with van der Waals surface area (Å²) in [4.78, 5) is 13.0. The molecule has 2 heterocycles. The average molecular weight is 209 g/mol. The van der Waals surface area contributed by atoms with E-state index in [2.05, 4.69) is 10.3 Å². The lowest BCUT2D eigenvalue weighted by atomic mass is 10.3. The number of likely N-dealkylation sites (tertiary alicyclic amines) is 1. The molecular formula is C9H15N5O. The van der Waals surface area contributed by atoms with Gasteiger partial charge < -0.3 is 10.6 Å². The first-order valence-electron chi connectivity index (χ1n) is 5.07. The molecule has 1 saturated heterocycles. The number of nitrogens with two attached hydrogens (primary N) is 1. The summed E-state index contributed by atoms with van der Waals surface area (Å²) in [6.45, 7) is 3.53. The molecule has 0 unspecified atom stereocenters. The van der Waals surface area contributed by atoms with E-state index < -0.39 is 0 Å². The SMILES string of the molecule is CC(=O)N1CC[C@@H](n2cc(CN)nn2)C1. The van der Waals surface area contributed by atoms with E-state index in [9.17, 15) is 4.79 Å². The smallest absolute Gasteiger partial charge is 0.219 e. The Kier molecular flexibility index (Phi) is 2.68. The molecule has 82 valence electrons. The van der Waals surface area contributed by atoms with Crippen LogP contribution in [0.25, 0.3) is 0 Å². The predicted molar refractivity (Wildman–Crippen MR) is 53.8 cm³/mol. The first-order valence-corrected chi connectivity index (χ1v) is 5.07. The van der Waals surface area contributed by atoms with Gasteiger partial charge in [0.15, 0.2) is 0 Å². The Balaban J connectivity index is 2.04. The topological polar surface area (TPSA) is 77.0 Å². The molecule has 0 radical (unpaired) electrons. The van der Waals surface area contributed by atoms with Gasteiger partial charge in [0.25, 0.3) is 0 Å². The molecule has 0 spiro atoms. The Labute approximate surface area is 88.0 Å². The minimum absolute atomic E-state index is 0.122. The van der Waals surface area contributed by atoms with Crippen molar-refractivity contribution in [3.63, 3.8) is 0 Å². The Morgan fingerprint density at radius 1 is 1.73 bits per heavy atom.